The highest BCUT2D eigenvalue weighted by atomic mass is 16.3. The minimum atomic E-state index is -0.0622. The van der Waals surface area contributed by atoms with Crippen molar-refractivity contribution in [3.05, 3.63) is 59.7 Å². The minimum Gasteiger partial charge on any atom is -0.461 e. The molecule has 3 heteroatoms. The van der Waals surface area contributed by atoms with Gasteiger partial charge in [0.15, 0.2) is 5.76 Å². The number of rotatable bonds is 3. The molecule has 0 radical (unpaired) electrons. The highest BCUT2D eigenvalue weighted by Crippen LogP contribution is 2.26. The molecule has 0 amide bonds. The lowest BCUT2D eigenvalue weighted by Gasteiger charge is -2.02. The molecule has 0 bridgehead atoms. The van der Waals surface area contributed by atoms with Crippen molar-refractivity contribution in [1.29, 1.82) is 0 Å². The van der Waals surface area contributed by atoms with Crippen molar-refractivity contribution in [2.75, 3.05) is 0 Å². The number of para-hydroxylation sites is 1. The fraction of sp³-hybridized carbons (Fsp3) is 0.188. The molecule has 0 saturated carbocycles. The van der Waals surface area contributed by atoms with E-state index in [2.05, 4.69) is 24.5 Å². The van der Waals surface area contributed by atoms with Gasteiger partial charge < -0.3 is 8.98 Å². The average Bonchev–Trinajstić information content (AvgIpc) is 3.06. The summed E-state index contributed by atoms with van der Waals surface area (Å²) in [5, 5.41) is 0.989. The predicted molar refractivity (Wildman–Crippen MR) is 74.5 cm³/mol. The van der Waals surface area contributed by atoms with Gasteiger partial charge in [0, 0.05) is 18.1 Å². The Labute approximate surface area is 111 Å². The molecule has 0 saturated heterocycles. The van der Waals surface area contributed by atoms with Gasteiger partial charge in [-0.25, -0.2) is 0 Å². The first-order valence-corrected chi connectivity index (χ1v) is 6.39. The predicted octanol–water partition coefficient (Wildman–Crippen LogP) is 3.79. The van der Waals surface area contributed by atoms with Crippen LogP contribution in [0.15, 0.2) is 47.2 Å². The summed E-state index contributed by atoms with van der Waals surface area (Å²) in [7, 11) is 0. The number of carbonyl (C=O) groups excluding carboxylic acids is 1. The zero-order chi connectivity index (χ0) is 13.4. The number of carbonyl (C=O) groups is 1. The number of aromatic nitrogens is 1. The number of benzene rings is 1. The van der Waals surface area contributed by atoms with Crippen molar-refractivity contribution >= 4 is 16.7 Å². The van der Waals surface area contributed by atoms with Gasteiger partial charge in [-0.05, 0) is 31.5 Å². The summed E-state index contributed by atoms with van der Waals surface area (Å²) in [6.07, 6.45) is 3.44. The summed E-state index contributed by atoms with van der Waals surface area (Å²) in [4.78, 5) is 12.5. The summed E-state index contributed by atoms with van der Waals surface area (Å²) in [6.45, 7) is 4.98. The number of furan rings is 1. The van der Waals surface area contributed by atoms with E-state index in [-0.39, 0.29) is 5.78 Å². The topological polar surface area (TPSA) is 35.1 Å². The highest BCUT2D eigenvalue weighted by Gasteiger charge is 2.18. The number of hydrogen-bond donors (Lipinski definition) is 0. The summed E-state index contributed by atoms with van der Waals surface area (Å²) >= 11 is 0. The van der Waals surface area contributed by atoms with E-state index in [9.17, 15) is 4.79 Å². The SMILES string of the molecule is CCn1cc(C(=O)c2ccco2)c2cccc(C)c21. The van der Waals surface area contributed by atoms with E-state index in [0.29, 0.717) is 11.3 Å². The van der Waals surface area contributed by atoms with Gasteiger partial charge in [-0.3, -0.25) is 4.79 Å². The molecule has 3 rings (SSSR count). The molecule has 3 aromatic rings. The Morgan fingerprint density at radius 3 is 2.79 bits per heavy atom. The van der Waals surface area contributed by atoms with E-state index >= 15 is 0 Å². The highest BCUT2D eigenvalue weighted by molar-refractivity contribution is 6.15. The molecule has 2 aromatic heterocycles. The van der Waals surface area contributed by atoms with Crippen LogP contribution in [0.1, 0.15) is 28.6 Å². The quantitative estimate of drug-likeness (QED) is 0.665. The number of ketones is 1. The molecular formula is C16H15NO2. The van der Waals surface area contributed by atoms with Gasteiger partial charge in [-0.15, -0.1) is 0 Å². The molecule has 96 valence electrons. The van der Waals surface area contributed by atoms with Crippen LogP contribution in [0.4, 0.5) is 0 Å². The number of fused-ring (bicyclic) bond motifs is 1. The van der Waals surface area contributed by atoms with Crippen molar-refractivity contribution in [1.82, 2.24) is 4.57 Å². The second-order valence-corrected chi connectivity index (χ2v) is 4.61. The molecule has 0 N–H and O–H groups in total. The summed E-state index contributed by atoms with van der Waals surface area (Å²) in [6, 6.07) is 9.47. The van der Waals surface area contributed by atoms with Gasteiger partial charge in [0.25, 0.3) is 0 Å². The van der Waals surface area contributed by atoms with E-state index in [4.69, 9.17) is 4.42 Å². The summed E-state index contributed by atoms with van der Waals surface area (Å²) in [5.74, 6) is 0.324. The standard InChI is InChI=1S/C16H15NO2/c1-3-17-10-13(16(18)14-8-5-9-19-14)12-7-4-6-11(2)15(12)17/h4-10H,3H2,1-2H3. The first-order chi connectivity index (χ1) is 9.22. The van der Waals surface area contributed by atoms with Gasteiger partial charge in [-0.1, -0.05) is 18.2 Å². The van der Waals surface area contributed by atoms with E-state index < -0.39 is 0 Å². The molecule has 19 heavy (non-hydrogen) atoms. The van der Waals surface area contributed by atoms with Crippen molar-refractivity contribution in [3.63, 3.8) is 0 Å². The average molecular weight is 253 g/mol. The zero-order valence-corrected chi connectivity index (χ0v) is 11.0. The van der Waals surface area contributed by atoms with E-state index in [1.807, 2.05) is 18.3 Å². The van der Waals surface area contributed by atoms with Crippen LogP contribution in [-0.4, -0.2) is 10.4 Å². The normalized spacial score (nSPS) is 11.1. The number of hydrogen-bond acceptors (Lipinski definition) is 2. The van der Waals surface area contributed by atoms with E-state index in [1.165, 1.54) is 11.8 Å². The Kier molecular flexibility index (Phi) is 2.75. The summed E-state index contributed by atoms with van der Waals surface area (Å²) in [5.41, 5.74) is 3.01. The Balaban J connectivity index is 2.25. The maximum absolute atomic E-state index is 12.5. The second-order valence-electron chi connectivity index (χ2n) is 4.61. The Hall–Kier alpha value is -2.29. The second kappa shape index (κ2) is 4.43. The van der Waals surface area contributed by atoms with Crippen LogP contribution in [0.25, 0.3) is 10.9 Å². The molecule has 0 aliphatic carbocycles. The zero-order valence-electron chi connectivity index (χ0n) is 11.0. The van der Waals surface area contributed by atoms with Gasteiger partial charge in [0.1, 0.15) is 0 Å². The van der Waals surface area contributed by atoms with Crippen molar-refractivity contribution in [2.24, 2.45) is 0 Å². The fourth-order valence-electron chi connectivity index (χ4n) is 2.52. The third-order valence-electron chi connectivity index (χ3n) is 3.43. The van der Waals surface area contributed by atoms with Crippen molar-refractivity contribution in [3.8, 4) is 0 Å². The maximum atomic E-state index is 12.5. The van der Waals surface area contributed by atoms with Crippen molar-refractivity contribution in [2.45, 2.75) is 20.4 Å². The lowest BCUT2D eigenvalue weighted by Crippen LogP contribution is -1.98. The molecule has 0 aliphatic heterocycles. The number of nitrogens with zero attached hydrogens (tertiary/aromatic N) is 1. The van der Waals surface area contributed by atoms with Gasteiger partial charge >= 0.3 is 0 Å². The van der Waals surface area contributed by atoms with Crippen molar-refractivity contribution < 1.29 is 9.21 Å². The van der Waals surface area contributed by atoms with Gasteiger partial charge in [0.2, 0.25) is 5.78 Å². The molecule has 0 spiro atoms. The van der Waals surface area contributed by atoms with Crippen LogP contribution < -0.4 is 0 Å². The van der Waals surface area contributed by atoms with Crippen LogP contribution in [0, 0.1) is 6.92 Å². The monoisotopic (exact) mass is 253 g/mol. The van der Waals surface area contributed by atoms with Crippen LogP contribution in [0.2, 0.25) is 0 Å². The third kappa shape index (κ3) is 1.78. The molecule has 1 aromatic carbocycles. The summed E-state index contributed by atoms with van der Waals surface area (Å²) < 4.78 is 7.32. The van der Waals surface area contributed by atoms with E-state index in [0.717, 1.165) is 17.4 Å². The Bertz CT molecular complexity index is 736. The van der Waals surface area contributed by atoms with Crippen LogP contribution in [0.5, 0.6) is 0 Å². The Morgan fingerprint density at radius 1 is 1.26 bits per heavy atom. The first-order valence-electron chi connectivity index (χ1n) is 6.39. The molecule has 0 atom stereocenters. The molecular weight excluding hydrogens is 238 g/mol. The van der Waals surface area contributed by atoms with Crippen LogP contribution >= 0.6 is 0 Å². The smallest absolute Gasteiger partial charge is 0.230 e. The Morgan fingerprint density at radius 2 is 2.11 bits per heavy atom. The molecule has 0 aliphatic rings. The maximum Gasteiger partial charge on any atom is 0.230 e. The number of aryl methyl sites for hydroxylation is 2. The lowest BCUT2D eigenvalue weighted by molar-refractivity contribution is 0.101. The minimum absolute atomic E-state index is 0.0622. The van der Waals surface area contributed by atoms with Gasteiger partial charge in [-0.2, -0.15) is 0 Å². The molecule has 0 fully saturated rings. The lowest BCUT2D eigenvalue weighted by atomic mass is 10.1. The largest absolute Gasteiger partial charge is 0.461 e. The fourth-order valence-corrected chi connectivity index (χ4v) is 2.52. The molecule has 0 unspecified atom stereocenters. The molecule has 3 nitrogen and oxygen atoms in total. The third-order valence-corrected chi connectivity index (χ3v) is 3.43. The first kappa shape index (κ1) is 11.8. The van der Waals surface area contributed by atoms with E-state index in [1.54, 1.807) is 12.1 Å². The molecule has 2 heterocycles. The van der Waals surface area contributed by atoms with Crippen LogP contribution in [-0.2, 0) is 6.54 Å². The van der Waals surface area contributed by atoms with Gasteiger partial charge in [0.05, 0.1) is 17.3 Å². The van der Waals surface area contributed by atoms with Crippen LogP contribution in [0.3, 0.4) is 0 Å².